The van der Waals surface area contributed by atoms with E-state index in [0.717, 1.165) is 12.8 Å². The van der Waals surface area contributed by atoms with Crippen molar-refractivity contribution in [1.29, 1.82) is 0 Å². The molecule has 6 N–H and O–H groups in total. The first-order valence-corrected chi connectivity index (χ1v) is 6.52. The third-order valence-corrected chi connectivity index (χ3v) is 2.86. The van der Waals surface area contributed by atoms with Gasteiger partial charge in [-0.3, -0.25) is 0 Å². The van der Waals surface area contributed by atoms with Gasteiger partial charge in [-0.05, 0) is 12.1 Å². The Morgan fingerprint density at radius 1 is 1.24 bits per heavy atom. The fourth-order valence-electron chi connectivity index (χ4n) is 1.92. The maximum Gasteiger partial charge on any atom is 0.223 e. The molecule has 0 aromatic heterocycles. The van der Waals surface area contributed by atoms with Crippen molar-refractivity contribution >= 4 is 17.6 Å². The van der Waals surface area contributed by atoms with E-state index in [4.69, 9.17) is 26.7 Å². The van der Waals surface area contributed by atoms with Gasteiger partial charge in [0.05, 0.1) is 18.9 Å². The van der Waals surface area contributed by atoms with Crippen LogP contribution in [-0.2, 0) is 4.74 Å². The summed E-state index contributed by atoms with van der Waals surface area (Å²) < 4.78 is 24.8. The fraction of sp³-hybridized carbons (Fsp3) is 0.385. The second-order valence-electron chi connectivity index (χ2n) is 4.55. The van der Waals surface area contributed by atoms with Crippen molar-refractivity contribution in [3.8, 4) is 5.75 Å². The highest BCUT2D eigenvalue weighted by atomic mass is 19.1. The Kier molecular flexibility index (Phi) is 4.94. The molecule has 0 bridgehead atoms. The number of aliphatic imine (C=N–C) groups is 2. The van der Waals surface area contributed by atoms with Crippen LogP contribution in [0.4, 0.5) is 10.1 Å². The number of hydrogen-bond acceptors (Lipinski definition) is 3. The summed E-state index contributed by atoms with van der Waals surface area (Å²) >= 11 is 0. The second kappa shape index (κ2) is 6.89. The van der Waals surface area contributed by atoms with E-state index in [9.17, 15) is 4.39 Å². The van der Waals surface area contributed by atoms with Crippen molar-refractivity contribution in [2.45, 2.75) is 18.9 Å². The van der Waals surface area contributed by atoms with Gasteiger partial charge in [0.2, 0.25) is 5.96 Å². The van der Waals surface area contributed by atoms with Crippen molar-refractivity contribution in [3.63, 3.8) is 0 Å². The summed E-state index contributed by atoms with van der Waals surface area (Å²) in [5.74, 6) is -0.690. The molecule has 8 heteroatoms. The van der Waals surface area contributed by atoms with E-state index in [1.54, 1.807) is 6.07 Å². The molecule has 0 unspecified atom stereocenters. The number of halogens is 1. The highest BCUT2D eigenvalue weighted by molar-refractivity contribution is 5.93. The van der Waals surface area contributed by atoms with Crippen LogP contribution < -0.4 is 21.9 Å². The van der Waals surface area contributed by atoms with Crippen LogP contribution in [0.5, 0.6) is 5.75 Å². The van der Waals surface area contributed by atoms with Gasteiger partial charge in [0.1, 0.15) is 6.10 Å². The SMILES string of the molecule is NC(N)=NC(N)=Nc1ccc(OC2CCOCC2)c(F)c1. The van der Waals surface area contributed by atoms with E-state index in [1.165, 1.54) is 12.1 Å². The quantitative estimate of drug-likeness (QED) is 0.557. The first-order valence-electron chi connectivity index (χ1n) is 6.52. The van der Waals surface area contributed by atoms with Crippen molar-refractivity contribution in [2.24, 2.45) is 27.2 Å². The van der Waals surface area contributed by atoms with Crippen LogP contribution >= 0.6 is 0 Å². The van der Waals surface area contributed by atoms with Gasteiger partial charge in [0, 0.05) is 18.9 Å². The summed E-state index contributed by atoms with van der Waals surface area (Å²) in [5, 5.41) is 0. The normalized spacial score (nSPS) is 16.5. The Bertz CT molecular complexity index is 551. The lowest BCUT2D eigenvalue weighted by molar-refractivity contribution is 0.0240. The van der Waals surface area contributed by atoms with Gasteiger partial charge in [0.15, 0.2) is 17.5 Å². The number of guanidine groups is 2. The van der Waals surface area contributed by atoms with Crippen molar-refractivity contribution < 1.29 is 13.9 Å². The van der Waals surface area contributed by atoms with Crippen LogP contribution in [0.3, 0.4) is 0 Å². The third kappa shape index (κ3) is 4.60. The molecule has 114 valence electrons. The van der Waals surface area contributed by atoms with Gasteiger partial charge >= 0.3 is 0 Å². The number of benzene rings is 1. The average Bonchev–Trinajstić information content (AvgIpc) is 2.42. The van der Waals surface area contributed by atoms with Crippen LogP contribution in [0.15, 0.2) is 28.2 Å². The predicted molar refractivity (Wildman–Crippen MR) is 78.0 cm³/mol. The molecule has 0 spiro atoms. The minimum Gasteiger partial charge on any atom is -0.487 e. The number of nitrogens with two attached hydrogens (primary N) is 3. The maximum atomic E-state index is 14.0. The van der Waals surface area contributed by atoms with Gasteiger partial charge in [-0.15, -0.1) is 0 Å². The molecule has 0 radical (unpaired) electrons. The molecule has 1 heterocycles. The van der Waals surface area contributed by atoms with E-state index >= 15 is 0 Å². The second-order valence-corrected chi connectivity index (χ2v) is 4.55. The molecule has 0 aliphatic carbocycles. The Morgan fingerprint density at radius 2 is 1.95 bits per heavy atom. The first-order chi connectivity index (χ1) is 10.0. The van der Waals surface area contributed by atoms with Gasteiger partial charge in [-0.2, -0.15) is 4.99 Å². The largest absolute Gasteiger partial charge is 0.487 e. The molecule has 1 aromatic rings. The zero-order valence-electron chi connectivity index (χ0n) is 11.5. The van der Waals surface area contributed by atoms with Gasteiger partial charge < -0.3 is 26.7 Å². The molecular weight excluding hydrogens is 277 g/mol. The van der Waals surface area contributed by atoms with E-state index < -0.39 is 5.82 Å². The highest BCUT2D eigenvalue weighted by Crippen LogP contribution is 2.25. The van der Waals surface area contributed by atoms with Gasteiger partial charge in [-0.25, -0.2) is 9.38 Å². The Balaban J connectivity index is 2.08. The Morgan fingerprint density at radius 3 is 2.57 bits per heavy atom. The maximum absolute atomic E-state index is 14.0. The average molecular weight is 295 g/mol. The summed E-state index contributed by atoms with van der Waals surface area (Å²) in [6.45, 7) is 1.26. The monoisotopic (exact) mass is 295 g/mol. The molecule has 0 saturated carbocycles. The summed E-state index contributed by atoms with van der Waals surface area (Å²) in [6.07, 6.45) is 1.46. The van der Waals surface area contributed by atoms with Crippen LogP contribution in [0.1, 0.15) is 12.8 Å². The summed E-state index contributed by atoms with van der Waals surface area (Å²) in [4.78, 5) is 7.43. The van der Waals surface area contributed by atoms with E-state index in [2.05, 4.69) is 9.98 Å². The van der Waals surface area contributed by atoms with Crippen LogP contribution in [-0.4, -0.2) is 31.2 Å². The zero-order valence-corrected chi connectivity index (χ0v) is 11.5. The lowest BCUT2D eigenvalue weighted by Crippen LogP contribution is -2.26. The molecule has 1 saturated heterocycles. The summed E-state index contributed by atoms with van der Waals surface area (Å²) in [5.41, 5.74) is 16.1. The molecule has 21 heavy (non-hydrogen) atoms. The molecule has 7 nitrogen and oxygen atoms in total. The molecular formula is C13H18FN5O2. The molecule has 1 aromatic carbocycles. The lowest BCUT2D eigenvalue weighted by Gasteiger charge is -2.23. The summed E-state index contributed by atoms with van der Waals surface area (Å²) in [6, 6.07) is 4.29. The van der Waals surface area contributed by atoms with Crippen molar-refractivity contribution in [3.05, 3.63) is 24.0 Å². The minimum absolute atomic E-state index is 0.0330. The third-order valence-electron chi connectivity index (χ3n) is 2.86. The van der Waals surface area contributed by atoms with Gasteiger partial charge in [-0.1, -0.05) is 0 Å². The number of hydrogen-bond donors (Lipinski definition) is 3. The molecule has 0 atom stereocenters. The smallest absolute Gasteiger partial charge is 0.223 e. The van der Waals surface area contributed by atoms with Gasteiger partial charge in [0.25, 0.3) is 0 Å². The minimum atomic E-state index is -0.514. The molecule has 1 fully saturated rings. The molecule has 2 rings (SSSR count). The fourth-order valence-corrected chi connectivity index (χ4v) is 1.92. The zero-order chi connectivity index (χ0) is 15.2. The van der Waals surface area contributed by atoms with E-state index in [-0.39, 0.29) is 23.8 Å². The molecule has 1 aliphatic heterocycles. The number of nitrogens with zero attached hydrogens (tertiary/aromatic N) is 2. The van der Waals surface area contributed by atoms with E-state index in [0.29, 0.717) is 18.9 Å². The topological polar surface area (TPSA) is 121 Å². The Hall–Kier alpha value is -2.35. The number of ether oxygens (including phenoxy) is 2. The van der Waals surface area contributed by atoms with Crippen molar-refractivity contribution in [1.82, 2.24) is 0 Å². The van der Waals surface area contributed by atoms with Crippen LogP contribution in [0.25, 0.3) is 0 Å². The van der Waals surface area contributed by atoms with E-state index in [1.807, 2.05) is 0 Å². The van der Waals surface area contributed by atoms with Crippen LogP contribution in [0.2, 0.25) is 0 Å². The van der Waals surface area contributed by atoms with Crippen LogP contribution in [0, 0.1) is 5.82 Å². The van der Waals surface area contributed by atoms with Crippen molar-refractivity contribution in [2.75, 3.05) is 13.2 Å². The Labute approximate surface area is 121 Å². The standard InChI is InChI=1S/C13H18FN5O2/c14-10-7-8(18-13(17)19-12(15)16)1-2-11(10)21-9-3-5-20-6-4-9/h1-2,7,9H,3-6H2,(H6,15,16,17,18,19). The molecule has 0 amide bonds. The first kappa shape index (κ1) is 15.0. The summed E-state index contributed by atoms with van der Waals surface area (Å²) in [7, 11) is 0. The lowest BCUT2D eigenvalue weighted by atomic mass is 10.1. The predicted octanol–water partition coefficient (Wildman–Crippen LogP) is 0.603. The molecule has 1 aliphatic rings. The number of rotatable bonds is 3. The highest BCUT2D eigenvalue weighted by Gasteiger charge is 2.17.